The predicted molar refractivity (Wildman–Crippen MR) is 118 cm³/mol. The molecule has 156 valence electrons. The first-order valence-corrected chi connectivity index (χ1v) is 10.4. The second-order valence-corrected chi connectivity index (χ2v) is 7.80. The van der Waals surface area contributed by atoms with E-state index in [1.54, 1.807) is 29.2 Å². The van der Waals surface area contributed by atoms with E-state index < -0.39 is 17.3 Å². The summed E-state index contributed by atoms with van der Waals surface area (Å²) in [5, 5.41) is 1.07. The smallest absolute Gasteiger partial charge is 0.329 e. The predicted octanol–water partition coefficient (Wildman–Crippen LogP) is 2.64. The molecule has 2 aromatic carbocycles. The summed E-state index contributed by atoms with van der Waals surface area (Å²) in [5.74, 6) is -0.203. The third kappa shape index (κ3) is 3.73. The van der Waals surface area contributed by atoms with Crippen molar-refractivity contribution in [3.63, 3.8) is 0 Å². The number of carbonyl (C=O) groups excluding carboxylic acids is 1. The van der Waals surface area contributed by atoms with Crippen LogP contribution in [0.3, 0.4) is 0 Å². The Bertz CT molecular complexity index is 1190. The summed E-state index contributed by atoms with van der Waals surface area (Å²) in [4.78, 5) is 45.5. The first kappa shape index (κ1) is 20.2. The third-order valence-corrected chi connectivity index (χ3v) is 5.82. The van der Waals surface area contributed by atoms with Crippen LogP contribution in [-0.2, 0) is 4.79 Å². The van der Waals surface area contributed by atoms with E-state index >= 15 is 0 Å². The van der Waals surface area contributed by atoms with E-state index in [0.717, 1.165) is 10.3 Å². The lowest BCUT2D eigenvalue weighted by Crippen LogP contribution is -2.52. The Labute approximate surface area is 178 Å². The largest absolute Gasteiger partial charge is 0.368 e. The summed E-state index contributed by atoms with van der Waals surface area (Å²) in [7, 11) is 0. The van der Waals surface area contributed by atoms with Crippen LogP contribution in [-0.4, -0.2) is 46.5 Å². The van der Waals surface area contributed by atoms with Crippen LogP contribution in [0.25, 0.3) is 10.9 Å². The van der Waals surface area contributed by atoms with Crippen LogP contribution in [0.1, 0.15) is 19.4 Å². The van der Waals surface area contributed by atoms with Gasteiger partial charge in [0.2, 0.25) is 5.91 Å². The normalized spacial score (nSPS) is 15.4. The van der Waals surface area contributed by atoms with Gasteiger partial charge in [-0.2, -0.15) is 0 Å². The van der Waals surface area contributed by atoms with Crippen LogP contribution in [0.4, 0.5) is 5.69 Å². The Balaban J connectivity index is 1.57. The van der Waals surface area contributed by atoms with Crippen LogP contribution in [0.2, 0.25) is 5.02 Å². The molecule has 7 nitrogen and oxygen atoms in total. The van der Waals surface area contributed by atoms with E-state index in [0.29, 0.717) is 48.5 Å². The molecule has 1 aliphatic heterocycles. The topological polar surface area (TPSA) is 78.4 Å². The number of piperazine rings is 1. The van der Waals surface area contributed by atoms with Gasteiger partial charge in [-0.15, -0.1) is 0 Å². The third-order valence-electron chi connectivity index (χ3n) is 5.58. The molecule has 1 saturated heterocycles. The highest BCUT2D eigenvalue weighted by Gasteiger charge is 2.30. The summed E-state index contributed by atoms with van der Waals surface area (Å²) in [5.41, 5.74) is 0.494. The molecule has 1 aliphatic rings. The highest BCUT2D eigenvalue weighted by Crippen LogP contribution is 2.22. The Hall–Kier alpha value is -3.06. The lowest BCUT2D eigenvalue weighted by Gasteiger charge is -2.37. The standard InChI is InChI=1S/C22H23ClN4O3/c1-2-19(27-20(28)17-8-3-4-9-18(17)24-22(27)30)21(29)26-12-10-25(11-13-26)16-7-5-6-15(23)14-16/h3-9,14,19H,2,10-13H2,1H3,(H,24,30). The summed E-state index contributed by atoms with van der Waals surface area (Å²) in [6.07, 6.45) is 0.356. The van der Waals surface area contributed by atoms with Crippen molar-refractivity contribution >= 4 is 34.1 Å². The van der Waals surface area contributed by atoms with Gasteiger partial charge in [0, 0.05) is 36.9 Å². The second kappa shape index (κ2) is 8.36. The fraction of sp³-hybridized carbons (Fsp3) is 0.318. The maximum Gasteiger partial charge on any atom is 0.329 e. The summed E-state index contributed by atoms with van der Waals surface area (Å²) < 4.78 is 1.06. The van der Waals surface area contributed by atoms with Crippen molar-refractivity contribution in [2.24, 2.45) is 0 Å². The molecule has 30 heavy (non-hydrogen) atoms. The molecule has 2 heterocycles. The van der Waals surface area contributed by atoms with Crippen LogP contribution in [0, 0.1) is 0 Å². The minimum absolute atomic E-state index is 0.203. The van der Waals surface area contributed by atoms with Crippen molar-refractivity contribution in [3.05, 3.63) is 74.4 Å². The molecule has 1 fully saturated rings. The number of aromatic amines is 1. The number of fused-ring (bicyclic) bond motifs is 1. The number of hydrogen-bond acceptors (Lipinski definition) is 4. The average Bonchev–Trinajstić information content (AvgIpc) is 2.76. The SMILES string of the molecule is CCC(C(=O)N1CCN(c2cccc(Cl)c2)CC1)n1c(=O)[nH]c2ccccc2c1=O. The van der Waals surface area contributed by atoms with Crippen LogP contribution >= 0.6 is 11.6 Å². The average molecular weight is 427 g/mol. The maximum absolute atomic E-state index is 13.2. The van der Waals surface area contributed by atoms with Crippen LogP contribution < -0.4 is 16.1 Å². The van der Waals surface area contributed by atoms with Gasteiger partial charge in [0.15, 0.2) is 0 Å². The first-order valence-electron chi connectivity index (χ1n) is 10.0. The van der Waals surface area contributed by atoms with Gasteiger partial charge in [-0.1, -0.05) is 36.7 Å². The lowest BCUT2D eigenvalue weighted by atomic mass is 10.1. The zero-order valence-electron chi connectivity index (χ0n) is 16.7. The van der Waals surface area contributed by atoms with Crippen molar-refractivity contribution in [2.45, 2.75) is 19.4 Å². The molecular weight excluding hydrogens is 404 g/mol. The Morgan fingerprint density at radius 3 is 2.50 bits per heavy atom. The molecule has 0 radical (unpaired) electrons. The molecule has 8 heteroatoms. The van der Waals surface area contributed by atoms with Gasteiger partial charge in [-0.05, 0) is 36.8 Å². The first-order chi connectivity index (χ1) is 14.5. The molecule has 0 aliphatic carbocycles. The van der Waals surface area contributed by atoms with E-state index in [1.807, 2.05) is 31.2 Å². The van der Waals surface area contributed by atoms with Gasteiger partial charge < -0.3 is 14.8 Å². The highest BCUT2D eigenvalue weighted by molar-refractivity contribution is 6.30. The molecular formula is C22H23ClN4O3. The molecule has 1 N–H and O–H groups in total. The monoisotopic (exact) mass is 426 g/mol. The molecule has 0 spiro atoms. The number of nitrogens with zero attached hydrogens (tertiary/aromatic N) is 3. The second-order valence-electron chi connectivity index (χ2n) is 7.37. The fourth-order valence-electron chi connectivity index (χ4n) is 4.00. The van der Waals surface area contributed by atoms with Gasteiger partial charge in [-0.3, -0.25) is 9.59 Å². The van der Waals surface area contributed by atoms with Crippen LogP contribution in [0.15, 0.2) is 58.1 Å². The number of halogens is 1. The molecule has 3 aromatic rings. The number of hydrogen-bond donors (Lipinski definition) is 1. The van der Waals surface area contributed by atoms with Gasteiger partial charge in [0.05, 0.1) is 10.9 Å². The molecule has 1 amide bonds. The van der Waals surface area contributed by atoms with Gasteiger partial charge in [0.1, 0.15) is 6.04 Å². The zero-order chi connectivity index (χ0) is 21.3. The zero-order valence-corrected chi connectivity index (χ0v) is 17.4. The quantitative estimate of drug-likeness (QED) is 0.695. The van der Waals surface area contributed by atoms with Crippen molar-refractivity contribution < 1.29 is 4.79 Å². The fourth-order valence-corrected chi connectivity index (χ4v) is 4.18. The van der Waals surface area contributed by atoms with E-state index in [2.05, 4.69) is 9.88 Å². The van der Waals surface area contributed by atoms with E-state index in [1.165, 1.54) is 0 Å². The van der Waals surface area contributed by atoms with Crippen molar-refractivity contribution in [1.29, 1.82) is 0 Å². The van der Waals surface area contributed by atoms with Gasteiger partial charge in [0.25, 0.3) is 5.56 Å². The molecule has 0 bridgehead atoms. The number of amides is 1. The molecule has 1 unspecified atom stereocenters. The minimum atomic E-state index is -0.830. The molecule has 1 aromatic heterocycles. The van der Waals surface area contributed by atoms with Crippen molar-refractivity contribution in [3.8, 4) is 0 Å². The maximum atomic E-state index is 13.2. The Morgan fingerprint density at radius 1 is 1.07 bits per heavy atom. The van der Waals surface area contributed by atoms with Crippen LogP contribution in [0.5, 0.6) is 0 Å². The molecule has 4 rings (SSSR count). The minimum Gasteiger partial charge on any atom is -0.368 e. The van der Waals surface area contributed by atoms with Crippen molar-refractivity contribution in [1.82, 2.24) is 14.5 Å². The number of anilines is 1. The Morgan fingerprint density at radius 2 is 1.80 bits per heavy atom. The summed E-state index contributed by atoms with van der Waals surface area (Å²) >= 11 is 6.09. The lowest BCUT2D eigenvalue weighted by molar-refractivity contribution is -0.135. The molecule has 0 saturated carbocycles. The summed E-state index contributed by atoms with van der Waals surface area (Å²) in [6.45, 7) is 4.16. The van der Waals surface area contributed by atoms with Gasteiger partial charge in [-0.25, -0.2) is 9.36 Å². The number of aromatic nitrogens is 2. The number of rotatable bonds is 4. The molecule has 1 atom stereocenters. The summed E-state index contributed by atoms with van der Waals surface area (Å²) in [6, 6.07) is 13.6. The number of benzene rings is 2. The number of para-hydroxylation sites is 1. The van der Waals surface area contributed by atoms with Gasteiger partial charge >= 0.3 is 5.69 Å². The van der Waals surface area contributed by atoms with E-state index in [4.69, 9.17) is 11.6 Å². The number of nitrogens with one attached hydrogen (secondary N) is 1. The van der Waals surface area contributed by atoms with E-state index in [-0.39, 0.29) is 5.91 Å². The number of H-pyrrole nitrogens is 1. The number of carbonyl (C=O) groups is 1. The van der Waals surface area contributed by atoms with E-state index in [9.17, 15) is 14.4 Å². The van der Waals surface area contributed by atoms with Crippen molar-refractivity contribution in [2.75, 3.05) is 31.1 Å². The highest BCUT2D eigenvalue weighted by atomic mass is 35.5. The Kier molecular flexibility index (Phi) is 5.63.